The van der Waals surface area contributed by atoms with Crippen molar-refractivity contribution in [1.29, 1.82) is 0 Å². The van der Waals surface area contributed by atoms with Crippen molar-refractivity contribution >= 4 is 24.2 Å². The van der Waals surface area contributed by atoms with Crippen LogP contribution < -0.4 is 15.8 Å². The van der Waals surface area contributed by atoms with Crippen molar-refractivity contribution in [2.24, 2.45) is 17.8 Å². The summed E-state index contributed by atoms with van der Waals surface area (Å²) in [4.78, 5) is 38.5. The molecule has 2 rings (SSSR count). The Labute approximate surface area is 165 Å². The minimum atomic E-state index is -0.976. The molecular weight excluding hydrogens is 362 g/mol. The third-order valence-corrected chi connectivity index (χ3v) is 5.01. The maximum atomic E-state index is 12.8. The van der Waals surface area contributed by atoms with Gasteiger partial charge in [-0.25, -0.2) is 5.06 Å². The van der Waals surface area contributed by atoms with Crippen LogP contribution in [-0.4, -0.2) is 57.7 Å². The Morgan fingerprint density at radius 2 is 1.86 bits per heavy atom. The Balaban J connectivity index is 2.13. The van der Waals surface area contributed by atoms with Gasteiger partial charge in [0.05, 0.1) is 0 Å². The van der Waals surface area contributed by atoms with E-state index in [0.717, 1.165) is 19.3 Å². The Morgan fingerprint density at radius 3 is 2.39 bits per heavy atom. The lowest BCUT2D eigenvalue weighted by Crippen LogP contribution is -2.52. The lowest BCUT2D eigenvalue weighted by molar-refractivity contribution is -0.174. The largest absolute Gasteiger partial charge is 0.347 e. The first-order chi connectivity index (χ1) is 13.2. The van der Waals surface area contributed by atoms with Gasteiger partial charge < -0.3 is 4.90 Å². The summed E-state index contributed by atoms with van der Waals surface area (Å²) in [6.45, 7) is 6.17. The molecule has 0 saturated heterocycles. The molecule has 2 amide bonds. The standard InChI is InChI=1S/C18H31N7O3/c1-6-14-19-17(21-18(20-14)24(4)5)23-22-16(27)15(25(28)10-26)13-8-11(2)7-12(3)9-13/h10-13,15,28H,6-9H2,1-5H3,(H,22,27)(H,19,20,21,23)/t11-,12+,13?,15?. The number of aromatic nitrogens is 3. The number of aryl methyl sites for hydroxylation is 1. The highest BCUT2D eigenvalue weighted by atomic mass is 16.5. The van der Waals surface area contributed by atoms with E-state index in [2.05, 4.69) is 39.7 Å². The third-order valence-electron chi connectivity index (χ3n) is 5.01. The normalized spacial score (nSPS) is 22.9. The molecule has 28 heavy (non-hydrogen) atoms. The first-order valence-electron chi connectivity index (χ1n) is 9.65. The first kappa shape index (κ1) is 21.8. The maximum Gasteiger partial charge on any atom is 0.264 e. The fraction of sp³-hybridized carbons (Fsp3) is 0.722. The predicted molar refractivity (Wildman–Crippen MR) is 104 cm³/mol. The van der Waals surface area contributed by atoms with E-state index < -0.39 is 11.9 Å². The van der Waals surface area contributed by atoms with E-state index in [-0.39, 0.29) is 18.3 Å². The number of nitrogens with zero attached hydrogens (tertiary/aromatic N) is 5. The number of rotatable bonds is 8. The zero-order valence-corrected chi connectivity index (χ0v) is 17.2. The molecule has 0 aliphatic heterocycles. The van der Waals surface area contributed by atoms with E-state index >= 15 is 0 Å². The van der Waals surface area contributed by atoms with E-state index in [1.807, 2.05) is 21.0 Å². The van der Waals surface area contributed by atoms with Gasteiger partial charge in [0.2, 0.25) is 18.3 Å². The van der Waals surface area contributed by atoms with Gasteiger partial charge in [0.25, 0.3) is 5.91 Å². The number of nitrogens with one attached hydrogen (secondary N) is 2. The number of hydrogen-bond donors (Lipinski definition) is 3. The number of anilines is 2. The van der Waals surface area contributed by atoms with Crippen LogP contribution in [0.3, 0.4) is 0 Å². The second kappa shape index (κ2) is 9.63. The summed E-state index contributed by atoms with van der Waals surface area (Å²) in [5.41, 5.74) is 5.23. The molecule has 1 heterocycles. The first-order valence-corrected chi connectivity index (χ1v) is 9.65. The lowest BCUT2D eigenvalue weighted by Gasteiger charge is -2.37. The highest BCUT2D eigenvalue weighted by Gasteiger charge is 2.37. The highest BCUT2D eigenvalue weighted by molar-refractivity contribution is 5.84. The molecule has 156 valence electrons. The number of carbonyl (C=O) groups is 2. The zero-order chi connectivity index (χ0) is 20.8. The van der Waals surface area contributed by atoms with Gasteiger partial charge in [-0.05, 0) is 37.0 Å². The molecule has 1 aromatic heterocycles. The smallest absolute Gasteiger partial charge is 0.264 e. The zero-order valence-electron chi connectivity index (χ0n) is 17.2. The molecule has 1 aromatic rings. The predicted octanol–water partition coefficient (Wildman–Crippen LogP) is 1.23. The molecule has 4 atom stereocenters. The number of carbonyl (C=O) groups excluding carboxylic acids is 2. The average Bonchev–Trinajstić information content (AvgIpc) is 2.65. The highest BCUT2D eigenvalue weighted by Crippen LogP contribution is 2.35. The van der Waals surface area contributed by atoms with E-state index in [1.165, 1.54) is 0 Å². The van der Waals surface area contributed by atoms with Gasteiger partial charge in [-0.2, -0.15) is 15.0 Å². The van der Waals surface area contributed by atoms with E-state index in [0.29, 0.717) is 35.1 Å². The Kier molecular flexibility index (Phi) is 7.50. The fourth-order valence-corrected chi connectivity index (χ4v) is 3.90. The van der Waals surface area contributed by atoms with Crippen LogP contribution in [0.5, 0.6) is 0 Å². The monoisotopic (exact) mass is 393 g/mol. The van der Waals surface area contributed by atoms with Crippen molar-refractivity contribution in [3.8, 4) is 0 Å². The van der Waals surface area contributed by atoms with Crippen LogP contribution >= 0.6 is 0 Å². The van der Waals surface area contributed by atoms with Crippen LogP contribution in [-0.2, 0) is 16.0 Å². The fourth-order valence-electron chi connectivity index (χ4n) is 3.90. The van der Waals surface area contributed by atoms with Crippen LogP contribution in [0, 0.1) is 17.8 Å². The molecule has 10 heteroatoms. The third kappa shape index (κ3) is 5.51. The van der Waals surface area contributed by atoms with Gasteiger partial charge in [0, 0.05) is 20.5 Å². The van der Waals surface area contributed by atoms with E-state index in [1.54, 1.807) is 4.90 Å². The topological polar surface area (TPSA) is 124 Å². The Hall–Kier alpha value is -2.49. The van der Waals surface area contributed by atoms with Crippen molar-refractivity contribution in [2.45, 2.75) is 52.5 Å². The summed E-state index contributed by atoms with van der Waals surface area (Å²) >= 11 is 0. The van der Waals surface area contributed by atoms with Gasteiger partial charge >= 0.3 is 0 Å². The summed E-state index contributed by atoms with van der Waals surface area (Å²) < 4.78 is 0. The molecular formula is C18H31N7O3. The minimum Gasteiger partial charge on any atom is -0.347 e. The maximum absolute atomic E-state index is 12.8. The summed E-state index contributed by atoms with van der Waals surface area (Å²) in [7, 11) is 3.62. The second-order valence-electron chi connectivity index (χ2n) is 7.85. The summed E-state index contributed by atoms with van der Waals surface area (Å²) in [6, 6.07) is -0.976. The van der Waals surface area contributed by atoms with E-state index in [4.69, 9.17) is 0 Å². The number of hydrogen-bond acceptors (Lipinski definition) is 8. The molecule has 1 aliphatic rings. The average molecular weight is 393 g/mol. The molecule has 1 saturated carbocycles. The van der Waals surface area contributed by atoms with Gasteiger partial charge in [-0.15, -0.1) is 0 Å². The lowest BCUT2D eigenvalue weighted by atomic mass is 9.73. The SMILES string of the molecule is CCc1nc(NNC(=O)C(C2C[C@@H](C)C[C@@H](C)C2)N(O)C=O)nc(N(C)C)n1. The van der Waals surface area contributed by atoms with Crippen LogP contribution in [0.1, 0.15) is 45.9 Å². The van der Waals surface area contributed by atoms with Crippen molar-refractivity contribution in [2.75, 3.05) is 24.4 Å². The Morgan fingerprint density at radius 1 is 1.21 bits per heavy atom. The van der Waals surface area contributed by atoms with Crippen LogP contribution in [0.4, 0.5) is 11.9 Å². The molecule has 3 N–H and O–H groups in total. The molecule has 1 aliphatic carbocycles. The molecule has 2 unspecified atom stereocenters. The van der Waals surface area contributed by atoms with Crippen LogP contribution in [0.2, 0.25) is 0 Å². The molecule has 0 radical (unpaired) electrons. The van der Waals surface area contributed by atoms with Crippen molar-refractivity contribution in [3.05, 3.63) is 5.82 Å². The Bertz CT molecular complexity index is 675. The number of amides is 2. The van der Waals surface area contributed by atoms with Crippen LogP contribution in [0.15, 0.2) is 0 Å². The van der Waals surface area contributed by atoms with Crippen molar-refractivity contribution < 1.29 is 14.8 Å². The van der Waals surface area contributed by atoms with Gasteiger partial charge in [0.1, 0.15) is 11.9 Å². The summed E-state index contributed by atoms with van der Waals surface area (Å²) in [6.07, 6.45) is 3.50. The number of hydrazine groups is 1. The van der Waals surface area contributed by atoms with Gasteiger partial charge in [-0.3, -0.25) is 25.6 Å². The summed E-state index contributed by atoms with van der Waals surface area (Å²) in [5.74, 6) is 1.46. The van der Waals surface area contributed by atoms with Crippen molar-refractivity contribution in [3.63, 3.8) is 0 Å². The van der Waals surface area contributed by atoms with Crippen molar-refractivity contribution in [1.82, 2.24) is 25.4 Å². The quantitative estimate of drug-likeness (QED) is 0.342. The van der Waals surface area contributed by atoms with Crippen LogP contribution in [0.25, 0.3) is 0 Å². The molecule has 10 nitrogen and oxygen atoms in total. The second-order valence-corrected chi connectivity index (χ2v) is 7.85. The molecule has 0 aromatic carbocycles. The number of hydroxylamine groups is 2. The van der Waals surface area contributed by atoms with Gasteiger partial charge in [0.15, 0.2) is 0 Å². The summed E-state index contributed by atoms with van der Waals surface area (Å²) in [5, 5.41) is 10.5. The molecule has 0 bridgehead atoms. The van der Waals surface area contributed by atoms with E-state index in [9.17, 15) is 14.8 Å². The minimum absolute atomic E-state index is 0.127. The van der Waals surface area contributed by atoms with Gasteiger partial charge in [-0.1, -0.05) is 20.8 Å². The molecule has 1 fully saturated rings. The molecule has 0 spiro atoms.